The molecule has 0 radical (unpaired) electrons. The van der Waals surface area contributed by atoms with Crippen LogP contribution in [0.25, 0.3) is 0 Å². The van der Waals surface area contributed by atoms with Crippen LogP contribution in [0.4, 0.5) is 13.2 Å². The van der Waals surface area contributed by atoms with E-state index in [4.69, 9.17) is 0 Å². The van der Waals surface area contributed by atoms with Gasteiger partial charge in [0, 0.05) is 13.1 Å². The van der Waals surface area contributed by atoms with Gasteiger partial charge in [0.1, 0.15) is 0 Å². The summed E-state index contributed by atoms with van der Waals surface area (Å²) in [5.41, 5.74) is 0. The van der Waals surface area contributed by atoms with Gasteiger partial charge in [-0.2, -0.15) is 13.2 Å². The molecule has 0 aromatic heterocycles. The van der Waals surface area contributed by atoms with Crippen LogP contribution in [0, 0.1) is 5.92 Å². The topological polar surface area (TPSA) is 41.1 Å². The van der Waals surface area contributed by atoms with Crippen LogP contribution in [0.2, 0.25) is 0 Å². The van der Waals surface area contributed by atoms with Gasteiger partial charge in [-0.1, -0.05) is 0 Å². The fraction of sp³-hybridized carbons (Fsp3) is 0.875. The number of halogens is 3. The summed E-state index contributed by atoms with van der Waals surface area (Å²) in [7, 11) is 0. The van der Waals surface area contributed by atoms with Crippen LogP contribution in [-0.2, 0) is 4.79 Å². The number of hydrogen-bond donors (Lipinski definition) is 2. The molecule has 0 bridgehead atoms. The predicted octanol–water partition coefficient (Wildman–Crippen LogP) is 0.664. The molecule has 1 atom stereocenters. The van der Waals surface area contributed by atoms with Crippen molar-refractivity contribution in [2.24, 2.45) is 5.92 Å². The number of amides is 1. The second kappa shape index (κ2) is 4.63. The van der Waals surface area contributed by atoms with Crippen LogP contribution in [0.3, 0.4) is 0 Å². The van der Waals surface area contributed by atoms with Crippen molar-refractivity contribution in [1.82, 2.24) is 10.6 Å². The highest BCUT2D eigenvalue weighted by Gasteiger charge is 2.28. The second-order valence-electron chi connectivity index (χ2n) is 3.35. The first-order chi connectivity index (χ1) is 6.49. The van der Waals surface area contributed by atoms with Crippen LogP contribution >= 0.6 is 0 Å². The van der Waals surface area contributed by atoms with E-state index >= 15 is 0 Å². The van der Waals surface area contributed by atoms with Crippen molar-refractivity contribution in [1.29, 1.82) is 0 Å². The van der Waals surface area contributed by atoms with Crippen LogP contribution < -0.4 is 10.6 Å². The fourth-order valence-electron chi connectivity index (χ4n) is 1.35. The van der Waals surface area contributed by atoms with Gasteiger partial charge in [-0.3, -0.25) is 4.79 Å². The summed E-state index contributed by atoms with van der Waals surface area (Å²) in [5.74, 6) is -0.442. The molecular formula is C8H13F3N2O. The van der Waals surface area contributed by atoms with Gasteiger partial charge in [-0.25, -0.2) is 0 Å². The third-order valence-corrected chi connectivity index (χ3v) is 2.14. The van der Waals surface area contributed by atoms with Gasteiger partial charge < -0.3 is 10.6 Å². The lowest BCUT2D eigenvalue weighted by Gasteiger charge is -2.10. The summed E-state index contributed by atoms with van der Waals surface area (Å²) in [6.45, 7) is 1.01. The Kier molecular flexibility index (Phi) is 3.74. The minimum absolute atomic E-state index is 0.164. The lowest BCUT2D eigenvalue weighted by atomic mass is 10.1. The number of carbonyl (C=O) groups excluding carboxylic acids is 1. The number of carbonyl (C=O) groups is 1. The van der Waals surface area contributed by atoms with Gasteiger partial charge in [0.15, 0.2) is 0 Å². The van der Waals surface area contributed by atoms with Crippen molar-refractivity contribution in [2.45, 2.75) is 19.0 Å². The Balaban J connectivity index is 2.15. The lowest BCUT2D eigenvalue weighted by molar-refractivity contribution is -0.136. The molecule has 0 spiro atoms. The highest BCUT2D eigenvalue weighted by molar-refractivity contribution is 5.79. The van der Waals surface area contributed by atoms with Gasteiger partial charge in [-0.15, -0.1) is 0 Å². The first-order valence-corrected chi connectivity index (χ1v) is 4.54. The summed E-state index contributed by atoms with van der Waals surface area (Å²) in [6.07, 6.45) is -4.45. The van der Waals surface area contributed by atoms with Crippen LogP contribution in [-0.4, -0.2) is 31.7 Å². The minimum atomic E-state index is -4.19. The van der Waals surface area contributed by atoms with Crippen molar-refractivity contribution in [3.8, 4) is 0 Å². The van der Waals surface area contributed by atoms with Gasteiger partial charge in [0.25, 0.3) is 0 Å². The van der Waals surface area contributed by atoms with E-state index in [0.717, 1.165) is 6.54 Å². The molecule has 1 amide bonds. The van der Waals surface area contributed by atoms with E-state index in [0.29, 0.717) is 13.0 Å². The maximum atomic E-state index is 11.7. The molecule has 14 heavy (non-hydrogen) atoms. The average molecular weight is 210 g/mol. The number of hydrogen-bond acceptors (Lipinski definition) is 2. The fourth-order valence-corrected chi connectivity index (χ4v) is 1.35. The summed E-state index contributed by atoms with van der Waals surface area (Å²) in [4.78, 5) is 11.2. The maximum absolute atomic E-state index is 11.7. The van der Waals surface area contributed by atoms with Crippen LogP contribution in [0.15, 0.2) is 0 Å². The van der Waals surface area contributed by atoms with Gasteiger partial charge in [-0.05, 0) is 13.0 Å². The molecule has 1 aliphatic heterocycles. The van der Waals surface area contributed by atoms with E-state index in [1.165, 1.54) is 0 Å². The van der Waals surface area contributed by atoms with E-state index in [1.807, 2.05) is 0 Å². The summed E-state index contributed by atoms with van der Waals surface area (Å²) < 4.78 is 35.2. The molecule has 1 heterocycles. The standard InChI is InChI=1S/C8H13F3N2O/c9-8(10,11)2-4-13-7(14)6-1-3-12-5-6/h6,12H,1-5H2,(H,13,14)/t6-/m0/s1. The molecule has 2 N–H and O–H groups in total. The number of rotatable bonds is 3. The van der Waals surface area contributed by atoms with E-state index in [2.05, 4.69) is 10.6 Å². The normalized spacial score (nSPS) is 22.4. The highest BCUT2D eigenvalue weighted by Crippen LogP contribution is 2.18. The van der Waals surface area contributed by atoms with E-state index < -0.39 is 12.6 Å². The van der Waals surface area contributed by atoms with E-state index in [-0.39, 0.29) is 18.4 Å². The molecule has 0 aromatic carbocycles. The Hall–Kier alpha value is -0.780. The Morgan fingerprint density at radius 3 is 2.71 bits per heavy atom. The van der Waals surface area contributed by atoms with Crippen molar-refractivity contribution >= 4 is 5.91 Å². The molecule has 1 aliphatic rings. The predicted molar refractivity (Wildman–Crippen MR) is 44.7 cm³/mol. The third kappa shape index (κ3) is 3.95. The molecule has 0 saturated carbocycles. The SMILES string of the molecule is O=C(NCCC(F)(F)F)[C@H]1CCNC1. The largest absolute Gasteiger partial charge is 0.390 e. The number of nitrogens with one attached hydrogen (secondary N) is 2. The smallest absolute Gasteiger partial charge is 0.355 e. The molecule has 0 aliphatic carbocycles. The van der Waals surface area contributed by atoms with Gasteiger partial charge in [0.05, 0.1) is 12.3 Å². The van der Waals surface area contributed by atoms with Crippen LogP contribution in [0.1, 0.15) is 12.8 Å². The Morgan fingerprint density at radius 2 is 2.21 bits per heavy atom. The van der Waals surface area contributed by atoms with Gasteiger partial charge in [0.2, 0.25) is 5.91 Å². The van der Waals surface area contributed by atoms with Crippen molar-refractivity contribution in [3.05, 3.63) is 0 Å². The highest BCUT2D eigenvalue weighted by atomic mass is 19.4. The second-order valence-corrected chi connectivity index (χ2v) is 3.35. The average Bonchev–Trinajstić information content (AvgIpc) is 2.53. The summed E-state index contributed by atoms with van der Waals surface area (Å²) in [5, 5.41) is 5.26. The van der Waals surface area contributed by atoms with Crippen molar-refractivity contribution < 1.29 is 18.0 Å². The summed E-state index contributed by atoms with van der Waals surface area (Å²) >= 11 is 0. The molecular weight excluding hydrogens is 197 g/mol. The molecule has 1 rings (SSSR count). The monoisotopic (exact) mass is 210 g/mol. The first-order valence-electron chi connectivity index (χ1n) is 4.54. The molecule has 0 aromatic rings. The molecule has 1 fully saturated rings. The Morgan fingerprint density at radius 1 is 1.50 bits per heavy atom. The Labute approximate surface area is 80.0 Å². The molecule has 0 unspecified atom stereocenters. The zero-order valence-electron chi connectivity index (χ0n) is 7.66. The molecule has 3 nitrogen and oxygen atoms in total. The zero-order valence-corrected chi connectivity index (χ0v) is 7.66. The number of alkyl halides is 3. The van der Waals surface area contributed by atoms with Crippen molar-refractivity contribution in [2.75, 3.05) is 19.6 Å². The van der Waals surface area contributed by atoms with Crippen LogP contribution in [0.5, 0.6) is 0 Å². The summed E-state index contributed by atoms with van der Waals surface area (Å²) in [6, 6.07) is 0. The van der Waals surface area contributed by atoms with Gasteiger partial charge >= 0.3 is 6.18 Å². The first kappa shape index (κ1) is 11.3. The minimum Gasteiger partial charge on any atom is -0.355 e. The zero-order chi connectivity index (χ0) is 10.6. The quantitative estimate of drug-likeness (QED) is 0.718. The molecule has 82 valence electrons. The maximum Gasteiger partial charge on any atom is 0.390 e. The third-order valence-electron chi connectivity index (χ3n) is 2.14. The Bertz CT molecular complexity index is 199. The van der Waals surface area contributed by atoms with E-state index in [9.17, 15) is 18.0 Å². The van der Waals surface area contributed by atoms with Crippen molar-refractivity contribution in [3.63, 3.8) is 0 Å². The van der Waals surface area contributed by atoms with E-state index in [1.54, 1.807) is 0 Å². The molecule has 6 heteroatoms. The molecule has 1 saturated heterocycles. The lowest BCUT2D eigenvalue weighted by Crippen LogP contribution is -2.34.